The minimum atomic E-state index is -0.722. The van der Waals surface area contributed by atoms with Crippen molar-refractivity contribution in [3.8, 4) is 11.5 Å². The molecule has 110 valence electrons. The number of ether oxygens (including phenoxy) is 2. The molecule has 0 amide bonds. The SMILES string of the molecule is OC(CNc1ccccn1)c1cc(Cl)c2c(c1)OCCO2. The van der Waals surface area contributed by atoms with Gasteiger partial charge in [-0.3, -0.25) is 0 Å². The van der Waals surface area contributed by atoms with Crippen molar-refractivity contribution in [3.63, 3.8) is 0 Å². The van der Waals surface area contributed by atoms with Gasteiger partial charge in [0, 0.05) is 12.7 Å². The van der Waals surface area contributed by atoms with Crippen LogP contribution in [0.1, 0.15) is 11.7 Å². The zero-order valence-electron chi connectivity index (χ0n) is 11.3. The summed E-state index contributed by atoms with van der Waals surface area (Å²) in [5.74, 6) is 1.82. The van der Waals surface area contributed by atoms with Gasteiger partial charge in [0.1, 0.15) is 19.0 Å². The lowest BCUT2D eigenvalue weighted by Crippen LogP contribution is -2.17. The fourth-order valence-electron chi connectivity index (χ4n) is 2.11. The van der Waals surface area contributed by atoms with E-state index in [2.05, 4.69) is 10.3 Å². The van der Waals surface area contributed by atoms with Crippen molar-refractivity contribution in [1.29, 1.82) is 0 Å². The zero-order valence-corrected chi connectivity index (χ0v) is 12.0. The summed E-state index contributed by atoms with van der Waals surface area (Å²) in [7, 11) is 0. The van der Waals surface area contributed by atoms with Gasteiger partial charge < -0.3 is 19.9 Å². The Morgan fingerprint density at radius 3 is 2.95 bits per heavy atom. The van der Waals surface area contributed by atoms with Crippen molar-refractivity contribution in [2.45, 2.75) is 6.10 Å². The first-order valence-electron chi connectivity index (χ1n) is 6.66. The Balaban J connectivity index is 1.72. The molecular formula is C15H15ClN2O3. The van der Waals surface area contributed by atoms with Gasteiger partial charge in [-0.15, -0.1) is 0 Å². The average Bonchev–Trinajstić information content (AvgIpc) is 2.53. The van der Waals surface area contributed by atoms with E-state index in [0.29, 0.717) is 47.7 Å². The minimum absolute atomic E-state index is 0.326. The molecular weight excluding hydrogens is 292 g/mol. The topological polar surface area (TPSA) is 63.6 Å². The number of hydrogen-bond donors (Lipinski definition) is 2. The number of benzene rings is 1. The number of halogens is 1. The molecule has 1 aliphatic heterocycles. The molecule has 2 heterocycles. The van der Waals surface area contributed by atoms with Gasteiger partial charge in [0.2, 0.25) is 0 Å². The lowest BCUT2D eigenvalue weighted by Gasteiger charge is -2.21. The molecule has 1 aromatic carbocycles. The van der Waals surface area contributed by atoms with Crippen LogP contribution in [-0.4, -0.2) is 29.8 Å². The first kappa shape index (κ1) is 14.0. The van der Waals surface area contributed by atoms with Crippen LogP contribution in [0.25, 0.3) is 0 Å². The third-order valence-electron chi connectivity index (χ3n) is 3.15. The molecule has 1 atom stereocenters. The number of anilines is 1. The lowest BCUT2D eigenvalue weighted by atomic mass is 10.1. The highest BCUT2D eigenvalue weighted by molar-refractivity contribution is 6.32. The fraction of sp³-hybridized carbons (Fsp3) is 0.267. The van der Waals surface area contributed by atoms with E-state index >= 15 is 0 Å². The minimum Gasteiger partial charge on any atom is -0.486 e. The second-order valence-electron chi connectivity index (χ2n) is 4.64. The number of hydrogen-bond acceptors (Lipinski definition) is 5. The Kier molecular flexibility index (Phi) is 4.13. The molecule has 1 aliphatic rings. The normalized spacial score (nSPS) is 14.6. The summed E-state index contributed by atoms with van der Waals surface area (Å²) in [6.45, 7) is 1.29. The summed E-state index contributed by atoms with van der Waals surface area (Å²) in [6.07, 6.45) is 0.968. The Labute approximate surface area is 127 Å². The first-order chi connectivity index (χ1) is 10.2. The van der Waals surface area contributed by atoms with Crippen molar-refractivity contribution in [2.24, 2.45) is 0 Å². The van der Waals surface area contributed by atoms with Gasteiger partial charge in [-0.2, -0.15) is 0 Å². The Bertz CT molecular complexity index is 622. The molecule has 1 unspecified atom stereocenters. The first-order valence-corrected chi connectivity index (χ1v) is 7.04. The molecule has 21 heavy (non-hydrogen) atoms. The van der Waals surface area contributed by atoms with Crippen LogP contribution in [0.15, 0.2) is 36.5 Å². The Morgan fingerprint density at radius 2 is 2.14 bits per heavy atom. The molecule has 0 saturated heterocycles. The Hall–Kier alpha value is -1.98. The molecule has 3 rings (SSSR count). The molecule has 0 fully saturated rings. The summed E-state index contributed by atoms with van der Waals surface area (Å²) in [5, 5.41) is 13.8. The smallest absolute Gasteiger partial charge is 0.179 e. The Morgan fingerprint density at radius 1 is 1.29 bits per heavy atom. The van der Waals surface area contributed by atoms with Crippen molar-refractivity contribution in [1.82, 2.24) is 4.98 Å². The van der Waals surface area contributed by atoms with Gasteiger partial charge in [-0.05, 0) is 29.8 Å². The quantitative estimate of drug-likeness (QED) is 0.909. The number of nitrogens with one attached hydrogen (secondary N) is 1. The highest BCUT2D eigenvalue weighted by Crippen LogP contribution is 2.39. The van der Waals surface area contributed by atoms with E-state index in [9.17, 15) is 5.11 Å². The van der Waals surface area contributed by atoms with Crippen LogP contribution in [0.3, 0.4) is 0 Å². The predicted molar refractivity (Wildman–Crippen MR) is 80.1 cm³/mol. The van der Waals surface area contributed by atoms with E-state index in [1.165, 1.54) is 0 Å². The van der Waals surface area contributed by atoms with E-state index in [1.807, 2.05) is 18.2 Å². The molecule has 0 saturated carbocycles. The molecule has 0 spiro atoms. The standard InChI is InChI=1S/C15H15ClN2O3/c16-11-7-10(8-13-15(11)21-6-5-20-13)12(19)9-18-14-3-1-2-4-17-14/h1-4,7-8,12,19H,5-6,9H2,(H,17,18). The second kappa shape index (κ2) is 6.20. The molecule has 0 radical (unpaired) electrons. The maximum atomic E-state index is 10.3. The van der Waals surface area contributed by atoms with Crippen LogP contribution >= 0.6 is 11.6 Å². The second-order valence-corrected chi connectivity index (χ2v) is 5.05. The van der Waals surface area contributed by atoms with Crippen LogP contribution in [0.4, 0.5) is 5.82 Å². The molecule has 0 bridgehead atoms. The van der Waals surface area contributed by atoms with Gasteiger partial charge in [-0.1, -0.05) is 17.7 Å². The summed E-state index contributed by atoms with van der Waals surface area (Å²) in [4.78, 5) is 4.14. The van der Waals surface area contributed by atoms with Crippen molar-refractivity contribution >= 4 is 17.4 Å². The molecule has 6 heteroatoms. The maximum Gasteiger partial charge on any atom is 0.179 e. The summed E-state index contributed by atoms with van der Waals surface area (Å²) >= 11 is 6.16. The average molecular weight is 307 g/mol. The molecule has 2 aromatic rings. The van der Waals surface area contributed by atoms with Gasteiger partial charge in [0.15, 0.2) is 11.5 Å². The number of nitrogens with zero attached hydrogens (tertiary/aromatic N) is 1. The molecule has 1 aromatic heterocycles. The van der Waals surface area contributed by atoms with E-state index in [1.54, 1.807) is 18.3 Å². The van der Waals surface area contributed by atoms with Gasteiger partial charge in [0.05, 0.1) is 11.1 Å². The largest absolute Gasteiger partial charge is 0.486 e. The fourth-order valence-corrected chi connectivity index (χ4v) is 2.38. The number of aromatic nitrogens is 1. The number of rotatable bonds is 4. The highest BCUT2D eigenvalue weighted by Gasteiger charge is 2.19. The van der Waals surface area contributed by atoms with Gasteiger partial charge in [0.25, 0.3) is 0 Å². The van der Waals surface area contributed by atoms with Crippen molar-refractivity contribution in [2.75, 3.05) is 25.1 Å². The summed E-state index contributed by atoms with van der Waals surface area (Å²) in [6, 6.07) is 9.00. The van der Waals surface area contributed by atoms with Crippen LogP contribution in [0.5, 0.6) is 11.5 Å². The van der Waals surface area contributed by atoms with Gasteiger partial charge in [-0.25, -0.2) is 4.98 Å². The van der Waals surface area contributed by atoms with Crippen LogP contribution in [0, 0.1) is 0 Å². The number of aliphatic hydroxyl groups is 1. The number of aliphatic hydroxyl groups excluding tert-OH is 1. The number of fused-ring (bicyclic) bond motifs is 1. The van der Waals surface area contributed by atoms with Crippen LogP contribution in [0.2, 0.25) is 5.02 Å². The van der Waals surface area contributed by atoms with Crippen LogP contribution in [-0.2, 0) is 0 Å². The predicted octanol–water partition coefficient (Wildman–Crippen LogP) is 2.65. The van der Waals surface area contributed by atoms with E-state index in [0.717, 1.165) is 0 Å². The molecule has 0 aliphatic carbocycles. The summed E-state index contributed by atoms with van der Waals surface area (Å²) < 4.78 is 11.0. The highest BCUT2D eigenvalue weighted by atomic mass is 35.5. The van der Waals surface area contributed by atoms with Crippen LogP contribution < -0.4 is 14.8 Å². The maximum absolute atomic E-state index is 10.3. The third-order valence-corrected chi connectivity index (χ3v) is 3.43. The zero-order chi connectivity index (χ0) is 14.7. The van der Waals surface area contributed by atoms with E-state index < -0.39 is 6.10 Å². The molecule has 5 nitrogen and oxygen atoms in total. The number of pyridine rings is 1. The van der Waals surface area contributed by atoms with Crippen molar-refractivity contribution in [3.05, 3.63) is 47.1 Å². The van der Waals surface area contributed by atoms with Crippen molar-refractivity contribution < 1.29 is 14.6 Å². The van der Waals surface area contributed by atoms with Gasteiger partial charge >= 0.3 is 0 Å². The monoisotopic (exact) mass is 306 g/mol. The molecule has 2 N–H and O–H groups in total. The van der Waals surface area contributed by atoms with E-state index in [4.69, 9.17) is 21.1 Å². The van der Waals surface area contributed by atoms with E-state index in [-0.39, 0.29) is 0 Å². The third kappa shape index (κ3) is 3.20. The lowest BCUT2D eigenvalue weighted by molar-refractivity contribution is 0.167. The summed E-state index contributed by atoms with van der Waals surface area (Å²) in [5.41, 5.74) is 0.674.